The number of benzene rings is 1. The average Bonchev–Trinajstić information content (AvgIpc) is 2.74. The number of hydrogen-bond donors (Lipinski definition) is 1. The first kappa shape index (κ1) is 13.6. The lowest BCUT2D eigenvalue weighted by Gasteiger charge is -2.24. The predicted molar refractivity (Wildman–Crippen MR) is 79.9 cm³/mol. The Morgan fingerprint density at radius 3 is 3.00 bits per heavy atom. The van der Waals surface area contributed by atoms with E-state index in [0.29, 0.717) is 0 Å². The number of rotatable bonds is 4. The van der Waals surface area contributed by atoms with Crippen molar-refractivity contribution in [2.45, 2.75) is 12.5 Å². The summed E-state index contributed by atoms with van der Waals surface area (Å²) < 4.78 is 11.5. The molecule has 0 aliphatic carbocycles. The van der Waals surface area contributed by atoms with E-state index in [1.165, 1.54) is 5.39 Å². The molecular formula is C16H22N2O2. The van der Waals surface area contributed by atoms with E-state index in [-0.39, 0.29) is 6.04 Å². The highest BCUT2D eigenvalue weighted by Gasteiger charge is 2.19. The second-order valence-electron chi connectivity index (χ2n) is 5.29. The molecule has 0 saturated carbocycles. The summed E-state index contributed by atoms with van der Waals surface area (Å²) in [5.41, 5.74) is 0.960. The SMILES string of the molecule is CNC(CN1CCCOCC1)c1cc2ccccc2o1. The van der Waals surface area contributed by atoms with Gasteiger partial charge in [0.25, 0.3) is 0 Å². The smallest absolute Gasteiger partial charge is 0.134 e. The Kier molecular flexibility index (Phi) is 4.35. The van der Waals surface area contributed by atoms with Crippen LogP contribution in [0.3, 0.4) is 0 Å². The Morgan fingerprint density at radius 2 is 2.15 bits per heavy atom. The number of ether oxygens (including phenoxy) is 1. The third kappa shape index (κ3) is 3.03. The van der Waals surface area contributed by atoms with Crippen LogP contribution in [0.4, 0.5) is 0 Å². The molecule has 108 valence electrons. The van der Waals surface area contributed by atoms with E-state index in [1.807, 2.05) is 25.2 Å². The second kappa shape index (κ2) is 6.39. The van der Waals surface area contributed by atoms with Crippen molar-refractivity contribution >= 4 is 11.0 Å². The fourth-order valence-corrected chi connectivity index (χ4v) is 2.74. The molecule has 4 nitrogen and oxygen atoms in total. The van der Waals surface area contributed by atoms with Crippen LogP contribution in [0.5, 0.6) is 0 Å². The lowest BCUT2D eigenvalue weighted by atomic mass is 10.2. The minimum absolute atomic E-state index is 0.223. The van der Waals surface area contributed by atoms with Gasteiger partial charge in [-0.25, -0.2) is 0 Å². The zero-order chi connectivity index (χ0) is 13.8. The fraction of sp³-hybridized carbons (Fsp3) is 0.500. The van der Waals surface area contributed by atoms with Gasteiger partial charge in [0.2, 0.25) is 0 Å². The van der Waals surface area contributed by atoms with Crippen LogP contribution in [-0.2, 0) is 4.74 Å². The van der Waals surface area contributed by atoms with Gasteiger partial charge in [0, 0.05) is 31.6 Å². The predicted octanol–water partition coefficient (Wildman–Crippen LogP) is 2.42. The zero-order valence-electron chi connectivity index (χ0n) is 12.0. The summed E-state index contributed by atoms with van der Waals surface area (Å²) in [6.07, 6.45) is 1.11. The van der Waals surface area contributed by atoms with Gasteiger partial charge in [0.1, 0.15) is 11.3 Å². The van der Waals surface area contributed by atoms with E-state index in [9.17, 15) is 0 Å². The van der Waals surface area contributed by atoms with Gasteiger partial charge in [-0.2, -0.15) is 0 Å². The molecular weight excluding hydrogens is 252 g/mol. The zero-order valence-corrected chi connectivity index (χ0v) is 12.0. The lowest BCUT2D eigenvalue weighted by molar-refractivity contribution is 0.139. The quantitative estimate of drug-likeness (QED) is 0.929. The monoisotopic (exact) mass is 274 g/mol. The van der Waals surface area contributed by atoms with Crippen LogP contribution < -0.4 is 5.32 Å². The number of nitrogens with zero attached hydrogens (tertiary/aromatic N) is 1. The van der Waals surface area contributed by atoms with Crippen molar-refractivity contribution in [2.24, 2.45) is 0 Å². The molecule has 0 bridgehead atoms. The van der Waals surface area contributed by atoms with Crippen LogP contribution in [0, 0.1) is 0 Å². The van der Waals surface area contributed by atoms with Crippen LogP contribution in [0.2, 0.25) is 0 Å². The molecule has 1 aromatic carbocycles. The molecule has 20 heavy (non-hydrogen) atoms. The maximum atomic E-state index is 5.97. The Morgan fingerprint density at radius 1 is 1.25 bits per heavy atom. The molecule has 1 aliphatic heterocycles. The minimum atomic E-state index is 0.223. The summed E-state index contributed by atoms with van der Waals surface area (Å²) in [6.45, 7) is 4.76. The molecule has 1 N–H and O–H groups in total. The maximum Gasteiger partial charge on any atom is 0.134 e. The molecule has 1 unspecified atom stereocenters. The van der Waals surface area contributed by atoms with E-state index in [4.69, 9.17) is 9.15 Å². The topological polar surface area (TPSA) is 37.6 Å². The highest BCUT2D eigenvalue weighted by molar-refractivity contribution is 5.77. The molecule has 1 aromatic heterocycles. The molecule has 0 radical (unpaired) electrons. The van der Waals surface area contributed by atoms with Gasteiger partial charge >= 0.3 is 0 Å². The molecule has 1 atom stereocenters. The molecule has 1 fully saturated rings. The summed E-state index contributed by atoms with van der Waals surface area (Å²) in [6, 6.07) is 10.5. The van der Waals surface area contributed by atoms with Gasteiger partial charge < -0.3 is 14.5 Å². The maximum absolute atomic E-state index is 5.97. The lowest BCUT2D eigenvalue weighted by Crippen LogP contribution is -2.35. The van der Waals surface area contributed by atoms with Crippen LogP contribution in [0.1, 0.15) is 18.2 Å². The van der Waals surface area contributed by atoms with Gasteiger partial charge in [0.05, 0.1) is 12.6 Å². The van der Waals surface area contributed by atoms with Crippen LogP contribution in [0.15, 0.2) is 34.7 Å². The first-order valence-electron chi connectivity index (χ1n) is 7.32. The van der Waals surface area contributed by atoms with E-state index >= 15 is 0 Å². The van der Waals surface area contributed by atoms with E-state index in [0.717, 1.165) is 50.6 Å². The molecule has 2 heterocycles. The van der Waals surface area contributed by atoms with Crippen molar-refractivity contribution in [3.8, 4) is 0 Å². The van der Waals surface area contributed by atoms with Crippen molar-refractivity contribution in [2.75, 3.05) is 39.9 Å². The Hall–Kier alpha value is -1.36. The Bertz CT molecular complexity index is 511. The molecule has 1 saturated heterocycles. The second-order valence-corrected chi connectivity index (χ2v) is 5.29. The van der Waals surface area contributed by atoms with Gasteiger partial charge in [-0.1, -0.05) is 18.2 Å². The summed E-state index contributed by atoms with van der Waals surface area (Å²) in [5, 5.41) is 4.54. The van der Waals surface area contributed by atoms with Crippen molar-refractivity contribution in [1.29, 1.82) is 0 Å². The standard InChI is InChI=1S/C16H22N2O2/c1-17-14(12-18-7-4-9-19-10-8-18)16-11-13-5-2-3-6-15(13)20-16/h2-3,5-6,11,14,17H,4,7-10,12H2,1H3. The first-order valence-corrected chi connectivity index (χ1v) is 7.32. The summed E-state index contributed by atoms with van der Waals surface area (Å²) in [5.74, 6) is 1.01. The molecule has 0 spiro atoms. The molecule has 0 amide bonds. The Labute approximate surface area is 119 Å². The number of fused-ring (bicyclic) bond motifs is 1. The molecule has 4 heteroatoms. The van der Waals surface area contributed by atoms with Crippen molar-refractivity contribution in [3.63, 3.8) is 0 Å². The highest BCUT2D eigenvalue weighted by atomic mass is 16.5. The summed E-state index contributed by atoms with van der Waals surface area (Å²) >= 11 is 0. The van der Waals surface area contributed by atoms with Crippen molar-refractivity contribution in [1.82, 2.24) is 10.2 Å². The highest BCUT2D eigenvalue weighted by Crippen LogP contribution is 2.24. The largest absolute Gasteiger partial charge is 0.459 e. The average molecular weight is 274 g/mol. The number of likely N-dealkylation sites (N-methyl/N-ethyl adjacent to an activating group) is 1. The minimum Gasteiger partial charge on any atom is -0.459 e. The van der Waals surface area contributed by atoms with E-state index in [2.05, 4.69) is 22.3 Å². The summed E-state index contributed by atoms with van der Waals surface area (Å²) in [7, 11) is 1.99. The molecule has 3 rings (SSSR count). The number of nitrogens with one attached hydrogen (secondary N) is 1. The van der Waals surface area contributed by atoms with E-state index < -0.39 is 0 Å². The van der Waals surface area contributed by atoms with Gasteiger partial charge in [0.15, 0.2) is 0 Å². The number of hydrogen-bond acceptors (Lipinski definition) is 4. The molecule has 2 aromatic rings. The normalized spacial score (nSPS) is 19.1. The van der Waals surface area contributed by atoms with Crippen LogP contribution in [-0.4, -0.2) is 44.8 Å². The first-order chi connectivity index (χ1) is 9.86. The van der Waals surface area contributed by atoms with Gasteiger partial charge in [-0.3, -0.25) is 4.90 Å². The van der Waals surface area contributed by atoms with Gasteiger partial charge in [-0.05, 0) is 25.6 Å². The van der Waals surface area contributed by atoms with Crippen molar-refractivity contribution in [3.05, 3.63) is 36.1 Å². The number of furan rings is 1. The third-order valence-corrected chi connectivity index (χ3v) is 3.89. The van der Waals surface area contributed by atoms with Crippen molar-refractivity contribution < 1.29 is 9.15 Å². The number of para-hydroxylation sites is 1. The Balaban J connectivity index is 1.74. The molecule has 1 aliphatic rings. The van der Waals surface area contributed by atoms with Crippen LogP contribution in [0.25, 0.3) is 11.0 Å². The van der Waals surface area contributed by atoms with Crippen LogP contribution >= 0.6 is 0 Å². The fourth-order valence-electron chi connectivity index (χ4n) is 2.74. The third-order valence-electron chi connectivity index (χ3n) is 3.89. The van der Waals surface area contributed by atoms with Gasteiger partial charge in [-0.15, -0.1) is 0 Å². The summed E-state index contributed by atoms with van der Waals surface area (Å²) in [4.78, 5) is 2.45. The van der Waals surface area contributed by atoms with E-state index in [1.54, 1.807) is 0 Å².